The van der Waals surface area contributed by atoms with Crippen LogP contribution in [0.3, 0.4) is 0 Å². The van der Waals surface area contributed by atoms with E-state index in [0.29, 0.717) is 5.56 Å². The lowest BCUT2D eigenvalue weighted by Crippen LogP contribution is -2.27. The van der Waals surface area contributed by atoms with Crippen LogP contribution in [0.2, 0.25) is 0 Å². The number of rotatable bonds is 8. The van der Waals surface area contributed by atoms with Gasteiger partial charge < -0.3 is 10.3 Å². The summed E-state index contributed by atoms with van der Waals surface area (Å²) >= 11 is 0. The molecule has 0 heterocycles. The molecule has 0 saturated heterocycles. The first-order valence-electron chi connectivity index (χ1n) is 6.60. The van der Waals surface area contributed by atoms with Crippen molar-refractivity contribution in [1.82, 2.24) is 0 Å². The van der Waals surface area contributed by atoms with Gasteiger partial charge >= 0.3 is 11.7 Å². The Kier molecular flexibility index (Phi) is 6.71. The average Bonchev–Trinajstić information content (AvgIpc) is 2.49. The monoisotopic (exact) mass is 288 g/mol. The molecule has 0 aromatic heterocycles. The van der Waals surface area contributed by atoms with E-state index >= 15 is 0 Å². The number of hydrogen-bond donors (Lipinski definition) is 0. The third kappa shape index (κ3) is 5.12. The molecule has 0 aliphatic heterocycles. The lowest BCUT2D eigenvalue weighted by Gasteiger charge is -2.00. The Morgan fingerprint density at radius 2 is 1.81 bits per heavy atom. The Morgan fingerprint density at radius 3 is 2.38 bits per heavy atom. The van der Waals surface area contributed by atoms with Crippen molar-refractivity contribution in [1.29, 1.82) is 0 Å². The molecule has 0 unspecified atom stereocenters. The van der Waals surface area contributed by atoms with Gasteiger partial charge in [-0.3, -0.25) is 9.59 Å². The summed E-state index contributed by atoms with van der Waals surface area (Å²) in [7, 11) is 0. The van der Waals surface area contributed by atoms with E-state index in [1.165, 1.54) is 0 Å². The number of carbonyl (C=O) groups excluding carboxylic acids is 3. The molecule has 0 radical (unpaired) electrons. The van der Waals surface area contributed by atoms with E-state index in [9.17, 15) is 14.4 Å². The molecule has 1 aromatic carbocycles. The van der Waals surface area contributed by atoms with Crippen molar-refractivity contribution in [3.8, 4) is 0 Å². The van der Waals surface area contributed by atoms with E-state index in [1.54, 1.807) is 31.2 Å². The summed E-state index contributed by atoms with van der Waals surface area (Å²) < 4.78 is 4.60. The molecule has 0 aliphatic rings. The Morgan fingerprint density at radius 1 is 1.14 bits per heavy atom. The van der Waals surface area contributed by atoms with Gasteiger partial charge in [0.2, 0.25) is 0 Å². The van der Waals surface area contributed by atoms with Gasteiger partial charge in [-0.05, 0) is 13.3 Å². The summed E-state index contributed by atoms with van der Waals surface area (Å²) in [4.78, 5) is 37.5. The van der Waals surface area contributed by atoms with Gasteiger partial charge in [-0.15, -0.1) is 0 Å². The lowest BCUT2D eigenvalue weighted by molar-refractivity contribution is -0.141. The van der Waals surface area contributed by atoms with Gasteiger partial charge in [-0.2, -0.15) is 4.79 Å². The number of hydrogen-bond acceptors (Lipinski definition) is 4. The Balaban J connectivity index is 2.48. The molecule has 0 N–H and O–H groups in total. The van der Waals surface area contributed by atoms with E-state index in [4.69, 9.17) is 5.53 Å². The molecule has 0 saturated carbocycles. The second-order valence-corrected chi connectivity index (χ2v) is 4.24. The predicted octanol–water partition coefficient (Wildman–Crippen LogP) is 1.84. The summed E-state index contributed by atoms with van der Waals surface area (Å²) in [5.74, 6) is -1.68. The molecule has 110 valence electrons. The van der Waals surface area contributed by atoms with Crippen LogP contribution in [0.25, 0.3) is 5.53 Å². The molecule has 0 aliphatic carbocycles. The highest BCUT2D eigenvalue weighted by Crippen LogP contribution is 2.07. The summed E-state index contributed by atoms with van der Waals surface area (Å²) in [5.41, 5.74) is 8.62. The average molecular weight is 288 g/mol. The largest absolute Gasteiger partial charge is 0.457 e. The SMILES string of the molecule is CCOC(=O)C(=[N+]=[N-])C(=O)CCCC(=O)c1ccccc1. The maximum atomic E-state index is 11.8. The number of benzene rings is 1. The highest BCUT2D eigenvalue weighted by molar-refractivity contribution is 6.62. The zero-order valence-electron chi connectivity index (χ0n) is 11.7. The third-order valence-corrected chi connectivity index (χ3v) is 2.74. The second-order valence-electron chi connectivity index (χ2n) is 4.24. The summed E-state index contributed by atoms with van der Waals surface area (Å²) in [6.45, 7) is 1.66. The normalized spacial score (nSPS) is 9.57. The van der Waals surface area contributed by atoms with Gasteiger partial charge in [-0.1, -0.05) is 30.3 Å². The minimum absolute atomic E-state index is 0.0587. The topological polar surface area (TPSA) is 96.8 Å². The molecule has 0 bridgehead atoms. The fourth-order valence-electron chi connectivity index (χ4n) is 1.71. The van der Waals surface area contributed by atoms with Gasteiger partial charge in [0.1, 0.15) is 0 Å². The second kappa shape index (κ2) is 8.55. The summed E-state index contributed by atoms with van der Waals surface area (Å²) in [5, 5.41) is 0. The smallest absolute Gasteiger partial charge is 0.441 e. The first kappa shape index (κ1) is 16.5. The van der Waals surface area contributed by atoms with Crippen molar-refractivity contribution in [2.24, 2.45) is 0 Å². The first-order valence-corrected chi connectivity index (χ1v) is 6.60. The standard InChI is InChI=1S/C15H16N2O4/c1-2-21-15(20)14(17-16)13(19)10-6-9-12(18)11-7-4-3-5-8-11/h3-5,7-8H,2,6,9-10H2,1H3. The molecular weight excluding hydrogens is 272 g/mol. The van der Waals surface area contributed by atoms with Gasteiger partial charge in [-0.25, -0.2) is 4.79 Å². The number of ether oxygens (including phenoxy) is 1. The van der Waals surface area contributed by atoms with Crippen LogP contribution in [-0.4, -0.2) is 34.6 Å². The van der Waals surface area contributed by atoms with Crippen LogP contribution in [0, 0.1) is 0 Å². The number of ketones is 2. The molecule has 6 nitrogen and oxygen atoms in total. The first-order chi connectivity index (χ1) is 10.1. The maximum Gasteiger partial charge on any atom is 0.441 e. The highest BCUT2D eigenvalue weighted by Gasteiger charge is 2.30. The van der Waals surface area contributed by atoms with Crippen LogP contribution in [0.5, 0.6) is 0 Å². The van der Waals surface area contributed by atoms with E-state index < -0.39 is 17.5 Å². The molecule has 1 aromatic rings. The van der Waals surface area contributed by atoms with Crippen molar-refractivity contribution in [2.75, 3.05) is 6.61 Å². The molecule has 0 spiro atoms. The van der Waals surface area contributed by atoms with E-state index in [0.717, 1.165) is 0 Å². The van der Waals surface area contributed by atoms with Crippen molar-refractivity contribution in [3.63, 3.8) is 0 Å². The molecule has 0 atom stereocenters. The van der Waals surface area contributed by atoms with Crippen molar-refractivity contribution in [3.05, 3.63) is 41.4 Å². The van der Waals surface area contributed by atoms with Crippen LogP contribution < -0.4 is 0 Å². The molecular formula is C15H16N2O4. The van der Waals surface area contributed by atoms with Gasteiger partial charge in [0.15, 0.2) is 5.78 Å². The molecule has 6 heteroatoms. The predicted molar refractivity (Wildman–Crippen MR) is 74.9 cm³/mol. The summed E-state index contributed by atoms with van der Waals surface area (Å²) in [6.07, 6.45) is 0.388. The molecule has 0 amide bonds. The third-order valence-electron chi connectivity index (χ3n) is 2.74. The van der Waals surface area contributed by atoms with Crippen molar-refractivity contribution >= 4 is 23.2 Å². The van der Waals surface area contributed by atoms with Crippen molar-refractivity contribution < 1.29 is 23.9 Å². The van der Waals surface area contributed by atoms with E-state index in [2.05, 4.69) is 9.53 Å². The Bertz CT molecular complexity index is 575. The van der Waals surface area contributed by atoms with Gasteiger partial charge in [0.05, 0.1) is 6.61 Å². The zero-order chi connectivity index (χ0) is 15.7. The van der Waals surface area contributed by atoms with Gasteiger partial charge in [0, 0.05) is 18.4 Å². The number of nitrogens with zero attached hydrogens (tertiary/aromatic N) is 2. The van der Waals surface area contributed by atoms with Crippen LogP contribution in [0.4, 0.5) is 0 Å². The highest BCUT2D eigenvalue weighted by atomic mass is 16.5. The van der Waals surface area contributed by atoms with E-state index in [-0.39, 0.29) is 31.7 Å². The van der Waals surface area contributed by atoms with Crippen molar-refractivity contribution in [2.45, 2.75) is 26.2 Å². The van der Waals surface area contributed by atoms with Gasteiger partial charge in [0.25, 0.3) is 5.78 Å². The number of carbonyl (C=O) groups is 3. The van der Waals surface area contributed by atoms with Crippen LogP contribution >= 0.6 is 0 Å². The number of Topliss-reactive ketones (excluding diaryl/α,β-unsaturated/α-hetero) is 2. The number of esters is 1. The molecule has 0 fully saturated rings. The maximum absolute atomic E-state index is 11.8. The minimum Gasteiger partial charge on any atom is -0.457 e. The molecule has 21 heavy (non-hydrogen) atoms. The zero-order valence-corrected chi connectivity index (χ0v) is 11.7. The Labute approximate surface area is 122 Å². The minimum atomic E-state index is -0.959. The fourth-order valence-corrected chi connectivity index (χ4v) is 1.71. The summed E-state index contributed by atoms with van der Waals surface area (Å²) in [6, 6.07) is 8.72. The Hall–Kier alpha value is -2.59. The molecule has 1 rings (SSSR count). The quantitative estimate of drug-likeness (QED) is 0.182. The fraction of sp³-hybridized carbons (Fsp3) is 0.333. The lowest BCUT2D eigenvalue weighted by atomic mass is 10.0. The van der Waals surface area contributed by atoms with Crippen LogP contribution in [0.1, 0.15) is 36.5 Å². The van der Waals surface area contributed by atoms with E-state index in [1.807, 2.05) is 6.07 Å². The van der Waals surface area contributed by atoms with Crippen LogP contribution in [0.15, 0.2) is 30.3 Å². The van der Waals surface area contributed by atoms with Crippen LogP contribution in [-0.2, 0) is 14.3 Å².